The van der Waals surface area contributed by atoms with Crippen LogP contribution in [0.1, 0.15) is 46.9 Å². The molecule has 2 unspecified atom stereocenters. The maximum Gasteiger partial charge on any atom is 0.254 e. The monoisotopic (exact) mass is 409 g/mol. The summed E-state index contributed by atoms with van der Waals surface area (Å²) in [5.41, 5.74) is 6.96. The first-order valence-electron chi connectivity index (χ1n) is 10.9. The van der Waals surface area contributed by atoms with E-state index in [1.165, 1.54) is 16.8 Å². The van der Waals surface area contributed by atoms with Gasteiger partial charge < -0.3 is 4.90 Å². The van der Waals surface area contributed by atoms with Crippen LogP contribution in [-0.4, -0.2) is 36.6 Å². The lowest BCUT2D eigenvalue weighted by molar-refractivity contribution is 0.0392. The van der Waals surface area contributed by atoms with Gasteiger partial charge in [0.05, 0.1) is 28.5 Å². The van der Waals surface area contributed by atoms with Crippen LogP contribution in [0.3, 0.4) is 0 Å². The van der Waals surface area contributed by atoms with Crippen LogP contribution in [0.15, 0.2) is 60.9 Å². The molecule has 2 aliphatic rings. The Hall–Kier alpha value is -3.54. The third-order valence-electron chi connectivity index (χ3n) is 6.67. The second-order valence-electron chi connectivity index (χ2n) is 8.48. The normalized spacial score (nSPS) is 20.0. The van der Waals surface area contributed by atoms with E-state index in [-0.39, 0.29) is 18.0 Å². The van der Waals surface area contributed by atoms with Gasteiger partial charge in [-0.15, -0.1) is 0 Å². The number of carbonyl (C=O) groups excluding carboxylic acids is 1. The minimum atomic E-state index is 0.0243. The Labute approximate surface area is 180 Å². The van der Waals surface area contributed by atoms with Crippen molar-refractivity contribution < 1.29 is 4.79 Å². The SMILES string of the molecule is Cn1nc2c(c1-c1ccccc1)CC1CCCC2N1C(=O)c1ccc2nccnc2c1. The molecule has 4 aromatic rings. The molecule has 0 saturated carbocycles. The molecular weight excluding hydrogens is 386 g/mol. The van der Waals surface area contributed by atoms with Crippen LogP contribution in [0.2, 0.25) is 0 Å². The molecule has 1 saturated heterocycles. The van der Waals surface area contributed by atoms with Gasteiger partial charge in [0, 0.05) is 42.2 Å². The number of hydrogen-bond acceptors (Lipinski definition) is 4. The number of fused-ring (bicyclic) bond motifs is 5. The standard InChI is InChI=1S/C25H23N5O/c1-29-24(16-6-3-2-4-7-16)19-15-18-8-5-9-22(23(19)28-29)30(18)25(31)17-10-11-20-21(14-17)27-13-12-26-20/h2-4,6-7,10-14,18,22H,5,8-9,15H2,1H3. The minimum Gasteiger partial charge on any atom is -0.327 e. The molecule has 0 radical (unpaired) electrons. The largest absolute Gasteiger partial charge is 0.327 e. The Bertz CT molecular complexity index is 1300. The summed E-state index contributed by atoms with van der Waals surface area (Å²) in [5.74, 6) is 0.0693. The van der Waals surface area contributed by atoms with E-state index >= 15 is 0 Å². The van der Waals surface area contributed by atoms with Crippen LogP contribution < -0.4 is 0 Å². The van der Waals surface area contributed by atoms with Gasteiger partial charge >= 0.3 is 0 Å². The number of aromatic nitrogens is 4. The fraction of sp³-hybridized carbons (Fsp3) is 0.280. The van der Waals surface area contributed by atoms with Crippen LogP contribution >= 0.6 is 0 Å². The lowest BCUT2D eigenvalue weighted by Gasteiger charge is -2.45. The molecule has 4 heterocycles. The molecule has 2 atom stereocenters. The summed E-state index contributed by atoms with van der Waals surface area (Å²) in [6, 6.07) is 16.3. The molecule has 2 aromatic heterocycles. The maximum atomic E-state index is 13.7. The smallest absolute Gasteiger partial charge is 0.254 e. The molecule has 0 N–H and O–H groups in total. The van der Waals surface area contributed by atoms with Crippen LogP contribution in [0.4, 0.5) is 0 Å². The highest BCUT2D eigenvalue weighted by Crippen LogP contribution is 2.45. The predicted octanol–water partition coefficient (Wildman–Crippen LogP) is 4.32. The van der Waals surface area contributed by atoms with E-state index in [9.17, 15) is 4.79 Å². The quantitative estimate of drug-likeness (QED) is 0.495. The first-order chi connectivity index (χ1) is 15.2. The van der Waals surface area contributed by atoms with E-state index in [4.69, 9.17) is 5.10 Å². The molecule has 2 bridgehead atoms. The highest BCUT2D eigenvalue weighted by molar-refractivity contribution is 5.98. The van der Waals surface area contributed by atoms with Crippen molar-refractivity contribution in [1.82, 2.24) is 24.6 Å². The minimum absolute atomic E-state index is 0.0243. The highest BCUT2D eigenvalue weighted by Gasteiger charge is 2.43. The summed E-state index contributed by atoms with van der Waals surface area (Å²) in [4.78, 5) is 24.5. The fourth-order valence-corrected chi connectivity index (χ4v) is 5.35. The Kier molecular flexibility index (Phi) is 4.13. The summed E-state index contributed by atoms with van der Waals surface area (Å²) in [6.07, 6.45) is 7.29. The van der Waals surface area contributed by atoms with Crippen molar-refractivity contribution >= 4 is 16.9 Å². The summed E-state index contributed by atoms with van der Waals surface area (Å²) in [5, 5.41) is 4.92. The van der Waals surface area contributed by atoms with Gasteiger partial charge in [-0.2, -0.15) is 5.10 Å². The number of aryl methyl sites for hydroxylation is 1. The van der Waals surface area contributed by atoms with E-state index in [0.29, 0.717) is 5.56 Å². The molecule has 31 heavy (non-hydrogen) atoms. The van der Waals surface area contributed by atoms with Gasteiger partial charge in [-0.3, -0.25) is 19.4 Å². The molecule has 6 heteroatoms. The molecule has 2 aromatic carbocycles. The van der Waals surface area contributed by atoms with Crippen molar-refractivity contribution in [2.45, 2.75) is 37.8 Å². The van der Waals surface area contributed by atoms with Crippen molar-refractivity contribution in [2.75, 3.05) is 0 Å². The average molecular weight is 409 g/mol. The molecule has 1 fully saturated rings. The van der Waals surface area contributed by atoms with Crippen LogP contribution in [0.25, 0.3) is 22.3 Å². The van der Waals surface area contributed by atoms with E-state index in [2.05, 4.69) is 39.1 Å². The maximum absolute atomic E-state index is 13.7. The summed E-state index contributed by atoms with van der Waals surface area (Å²) < 4.78 is 2.00. The molecule has 6 rings (SSSR count). The van der Waals surface area contributed by atoms with Crippen LogP contribution in [-0.2, 0) is 13.5 Å². The van der Waals surface area contributed by atoms with Crippen molar-refractivity contribution in [2.24, 2.45) is 7.05 Å². The zero-order chi connectivity index (χ0) is 20.9. The number of amides is 1. The summed E-state index contributed by atoms with van der Waals surface area (Å²) in [7, 11) is 2.01. The number of carbonyl (C=O) groups is 1. The molecule has 6 nitrogen and oxygen atoms in total. The summed E-state index contributed by atoms with van der Waals surface area (Å²) in [6.45, 7) is 0. The Morgan fingerprint density at radius 3 is 2.65 bits per heavy atom. The van der Waals surface area contributed by atoms with E-state index < -0.39 is 0 Å². The van der Waals surface area contributed by atoms with Gasteiger partial charge in [0.25, 0.3) is 5.91 Å². The van der Waals surface area contributed by atoms with Crippen molar-refractivity contribution in [3.8, 4) is 11.3 Å². The van der Waals surface area contributed by atoms with Crippen molar-refractivity contribution in [1.29, 1.82) is 0 Å². The van der Waals surface area contributed by atoms with Gasteiger partial charge in [0.1, 0.15) is 0 Å². The highest BCUT2D eigenvalue weighted by atomic mass is 16.2. The van der Waals surface area contributed by atoms with Gasteiger partial charge in [-0.05, 0) is 43.9 Å². The lowest BCUT2D eigenvalue weighted by atomic mass is 9.81. The van der Waals surface area contributed by atoms with E-state index in [0.717, 1.165) is 42.4 Å². The number of rotatable bonds is 2. The third-order valence-corrected chi connectivity index (χ3v) is 6.67. The average Bonchev–Trinajstić information content (AvgIpc) is 3.14. The Morgan fingerprint density at radius 1 is 1.00 bits per heavy atom. The van der Waals surface area contributed by atoms with Gasteiger partial charge in [0.15, 0.2) is 0 Å². The van der Waals surface area contributed by atoms with Crippen molar-refractivity contribution in [3.63, 3.8) is 0 Å². The van der Waals surface area contributed by atoms with Gasteiger partial charge in [0.2, 0.25) is 0 Å². The second kappa shape index (κ2) is 7.01. The van der Waals surface area contributed by atoms with Crippen LogP contribution in [0, 0.1) is 0 Å². The van der Waals surface area contributed by atoms with Gasteiger partial charge in [-0.25, -0.2) is 0 Å². The molecule has 1 amide bonds. The Balaban J connectivity index is 1.42. The number of piperidine rings is 1. The number of nitrogens with zero attached hydrogens (tertiary/aromatic N) is 5. The van der Waals surface area contributed by atoms with E-state index in [1.807, 2.05) is 36.0 Å². The zero-order valence-corrected chi connectivity index (χ0v) is 17.4. The zero-order valence-electron chi connectivity index (χ0n) is 17.4. The van der Waals surface area contributed by atoms with E-state index in [1.54, 1.807) is 12.4 Å². The number of benzene rings is 2. The molecular formula is C25H23N5O. The first kappa shape index (κ1) is 18.2. The number of hydrogen-bond donors (Lipinski definition) is 0. The van der Waals surface area contributed by atoms with Gasteiger partial charge in [-0.1, -0.05) is 30.3 Å². The lowest BCUT2D eigenvalue weighted by Crippen LogP contribution is -2.49. The predicted molar refractivity (Wildman–Crippen MR) is 118 cm³/mol. The first-order valence-corrected chi connectivity index (χ1v) is 10.9. The fourth-order valence-electron chi connectivity index (χ4n) is 5.35. The third kappa shape index (κ3) is 2.86. The Morgan fingerprint density at radius 2 is 1.81 bits per heavy atom. The van der Waals surface area contributed by atoms with Crippen LogP contribution in [0.5, 0.6) is 0 Å². The second-order valence-corrected chi connectivity index (χ2v) is 8.48. The molecule has 154 valence electrons. The molecule has 0 aliphatic carbocycles. The summed E-state index contributed by atoms with van der Waals surface area (Å²) >= 11 is 0. The molecule has 2 aliphatic heterocycles. The molecule has 0 spiro atoms. The van der Waals surface area contributed by atoms with Crippen molar-refractivity contribution in [3.05, 3.63) is 77.7 Å². The topological polar surface area (TPSA) is 63.9 Å².